The van der Waals surface area contributed by atoms with Crippen LogP contribution < -0.4 is 4.31 Å². The molecule has 0 saturated heterocycles. The number of carbonyl (C=O) groups is 1. The number of carboxylic acid groups (broad SMARTS) is 1. The molecular weight excluding hydrogens is 442 g/mol. The second-order valence-corrected chi connectivity index (χ2v) is 8.38. The van der Waals surface area contributed by atoms with Gasteiger partial charge in [-0.05, 0) is 42.8 Å². The third-order valence-electron chi connectivity index (χ3n) is 3.69. The van der Waals surface area contributed by atoms with Gasteiger partial charge in [0.15, 0.2) is 0 Å². The highest BCUT2D eigenvalue weighted by Gasteiger charge is 2.32. The summed E-state index contributed by atoms with van der Waals surface area (Å²) < 4.78 is 65.9. The van der Waals surface area contributed by atoms with E-state index < -0.39 is 27.7 Å². The minimum absolute atomic E-state index is 0.0442. The Labute approximate surface area is 169 Å². The summed E-state index contributed by atoms with van der Waals surface area (Å²) in [6.45, 7) is -0.337. The van der Waals surface area contributed by atoms with Gasteiger partial charge in [0.2, 0.25) is 0 Å². The molecule has 2 aromatic rings. The van der Waals surface area contributed by atoms with Crippen molar-refractivity contribution in [3.05, 3.63) is 58.1 Å². The molecule has 0 radical (unpaired) electrons. The number of nitrogens with zero attached hydrogens (tertiary/aromatic N) is 1. The second kappa shape index (κ2) is 8.59. The van der Waals surface area contributed by atoms with E-state index in [1.165, 1.54) is 18.2 Å². The summed E-state index contributed by atoms with van der Waals surface area (Å²) in [6, 6.07) is 7.27. The van der Waals surface area contributed by atoms with Crippen LogP contribution in [-0.2, 0) is 21.0 Å². The van der Waals surface area contributed by atoms with Crippen molar-refractivity contribution in [2.45, 2.75) is 23.9 Å². The lowest BCUT2D eigenvalue weighted by Crippen LogP contribution is -2.32. The van der Waals surface area contributed by atoms with Gasteiger partial charge in [-0.2, -0.15) is 13.2 Å². The lowest BCUT2D eigenvalue weighted by Gasteiger charge is -2.25. The number of rotatable bonds is 7. The Kier molecular flexibility index (Phi) is 6.84. The van der Waals surface area contributed by atoms with E-state index in [-0.39, 0.29) is 40.0 Å². The molecular formula is C17H14Cl2F3NO4S. The van der Waals surface area contributed by atoms with Crippen LogP contribution >= 0.6 is 23.2 Å². The van der Waals surface area contributed by atoms with Crippen molar-refractivity contribution in [1.82, 2.24) is 0 Å². The van der Waals surface area contributed by atoms with E-state index >= 15 is 0 Å². The number of hydrogen-bond donors (Lipinski definition) is 1. The fraction of sp³-hybridized carbons (Fsp3) is 0.235. The summed E-state index contributed by atoms with van der Waals surface area (Å²) >= 11 is 11.6. The summed E-state index contributed by atoms with van der Waals surface area (Å²) in [4.78, 5) is 10.5. The molecule has 2 aromatic carbocycles. The molecule has 0 fully saturated rings. The first-order chi connectivity index (χ1) is 12.9. The fourth-order valence-electron chi connectivity index (χ4n) is 2.36. The monoisotopic (exact) mass is 455 g/mol. The van der Waals surface area contributed by atoms with Gasteiger partial charge in [-0.1, -0.05) is 29.3 Å². The average molecular weight is 456 g/mol. The zero-order chi connectivity index (χ0) is 21.1. The molecule has 0 amide bonds. The molecule has 0 unspecified atom stereocenters. The summed E-state index contributed by atoms with van der Waals surface area (Å²) in [7, 11) is -4.32. The van der Waals surface area contributed by atoms with Gasteiger partial charge < -0.3 is 5.11 Å². The maximum atomic E-state index is 13.0. The molecule has 0 aliphatic carbocycles. The van der Waals surface area contributed by atoms with Crippen LogP contribution in [0.5, 0.6) is 0 Å². The van der Waals surface area contributed by atoms with Gasteiger partial charge >= 0.3 is 12.1 Å². The van der Waals surface area contributed by atoms with Gasteiger partial charge in [0.25, 0.3) is 10.0 Å². The van der Waals surface area contributed by atoms with Crippen LogP contribution in [0.2, 0.25) is 10.0 Å². The third kappa shape index (κ3) is 5.30. The molecule has 1 N–H and O–H groups in total. The van der Waals surface area contributed by atoms with Crippen LogP contribution in [0, 0.1) is 0 Å². The molecule has 0 aliphatic heterocycles. The summed E-state index contributed by atoms with van der Waals surface area (Å²) in [5, 5.41) is 8.85. The average Bonchev–Trinajstić information content (AvgIpc) is 2.60. The van der Waals surface area contributed by atoms with E-state index in [2.05, 4.69) is 0 Å². The first-order valence-corrected chi connectivity index (χ1v) is 9.99. The Balaban J connectivity index is 2.52. The first kappa shape index (κ1) is 22.3. The Bertz CT molecular complexity index is 981. The molecule has 28 heavy (non-hydrogen) atoms. The topological polar surface area (TPSA) is 74.7 Å². The van der Waals surface area contributed by atoms with Crippen LogP contribution in [0.25, 0.3) is 0 Å². The Morgan fingerprint density at radius 2 is 1.75 bits per heavy atom. The van der Waals surface area contributed by atoms with Crippen molar-refractivity contribution in [3.8, 4) is 0 Å². The number of aliphatic carboxylic acids is 1. The second-order valence-electron chi connectivity index (χ2n) is 5.70. The lowest BCUT2D eigenvalue weighted by atomic mass is 10.2. The maximum absolute atomic E-state index is 13.0. The smallest absolute Gasteiger partial charge is 0.416 e. The Hall–Kier alpha value is -1.97. The molecule has 0 bridgehead atoms. The maximum Gasteiger partial charge on any atom is 0.416 e. The number of alkyl halides is 3. The van der Waals surface area contributed by atoms with Gasteiger partial charge in [-0.3, -0.25) is 9.10 Å². The molecule has 11 heteroatoms. The third-order valence-corrected chi connectivity index (χ3v) is 6.25. The highest BCUT2D eigenvalue weighted by Crippen LogP contribution is 2.34. The van der Waals surface area contributed by atoms with Crippen molar-refractivity contribution in [3.63, 3.8) is 0 Å². The van der Waals surface area contributed by atoms with Crippen molar-refractivity contribution in [1.29, 1.82) is 0 Å². The number of anilines is 1. The molecule has 0 saturated carbocycles. The fourth-order valence-corrected chi connectivity index (χ4v) is 4.25. The normalized spacial score (nSPS) is 12.0. The predicted octanol–water partition coefficient (Wildman–Crippen LogP) is 5.07. The molecule has 0 spiro atoms. The van der Waals surface area contributed by atoms with E-state index in [9.17, 15) is 26.4 Å². The van der Waals surface area contributed by atoms with E-state index in [4.69, 9.17) is 28.3 Å². The van der Waals surface area contributed by atoms with Crippen molar-refractivity contribution < 1.29 is 31.5 Å². The van der Waals surface area contributed by atoms with Gasteiger partial charge in [0.05, 0.1) is 26.2 Å². The Morgan fingerprint density at radius 3 is 2.32 bits per heavy atom. The number of carboxylic acids is 1. The van der Waals surface area contributed by atoms with Crippen LogP contribution in [0.15, 0.2) is 47.4 Å². The summed E-state index contributed by atoms with van der Waals surface area (Å²) in [6.07, 6.45) is -5.13. The van der Waals surface area contributed by atoms with Gasteiger partial charge in [-0.25, -0.2) is 8.42 Å². The highest BCUT2D eigenvalue weighted by molar-refractivity contribution is 7.92. The minimum atomic E-state index is -4.67. The molecule has 152 valence electrons. The van der Waals surface area contributed by atoms with Crippen molar-refractivity contribution in [2.75, 3.05) is 10.8 Å². The van der Waals surface area contributed by atoms with E-state index in [1.807, 2.05) is 0 Å². The van der Waals surface area contributed by atoms with E-state index in [1.54, 1.807) is 0 Å². The lowest BCUT2D eigenvalue weighted by molar-refractivity contribution is -0.138. The molecule has 0 atom stereocenters. The minimum Gasteiger partial charge on any atom is -0.481 e. The molecule has 2 rings (SSSR count). The van der Waals surface area contributed by atoms with Gasteiger partial charge in [-0.15, -0.1) is 0 Å². The predicted molar refractivity (Wildman–Crippen MR) is 99.3 cm³/mol. The number of hydrogen-bond acceptors (Lipinski definition) is 3. The molecule has 0 aliphatic rings. The summed E-state index contributed by atoms with van der Waals surface area (Å²) in [5.74, 6) is -1.16. The van der Waals surface area contributed by atoms with Crippen LogP contribution in [-0.4, -0.2) is 26.0 Å². The molecule has 0 heterocycles. The van der Waals surface area contributed by atoms with Crippen molar-refractivity contribution >= 4 is 44.9 Å². The number of benzene rings is 2. The molecule has 0 aromatic heterocycles. The van der Waals surface area contributed by atoms with E-state index in [0.717, 1.165) is 22.5 Å². The van der Waals surface area contributed by atoms with Crippen LogP contribution in [0.3, 0.4) is 0 Å². The highest BCUT2D eigenvalue weighted by atomic mass is 35.5. The summed E-state index contributed by atoms with van der Waals surface area (Å²) in [5.41, 5.74) is -1.27. The largest absolute Gasteiger partial charge is 0.481 e. The molecule has 5 nitrogen and oxygen atoms in total. The van der Waals surface area contributed by atoms with Crippen LogP contribution in [0.1, 0.15) is 18.4 Å². The zero-order valence-electron chi connectivity index (χ0n) is 14.1. The van der Waals surface area contributed by atoms with Crippen LogP contribution in [0.4, 0.5) is 18.9 Å². The van der Waals surface area contributed by atoms with Crippen molar-refractivity contribution in [2.24, 2.45) is 0 Å². The number of halogens is 5. The number of sulfonamides is 1. The SMILES string of the molecule is O=C(O)CCCN(c1cccc(C(F)(F)F)c1)S(=O)(=O)c1ccc(Cl)c(Cl)c1. The zero-order valence-corrected chi connectivity index (χ0v) is 16.4. The first-order valence-electron chi connectivity index (χ1n) is 7.80. The van der Waals surface area contributed by atoms with Gasteiger partial charge in [0.1, 0.15) is 0 Å². The Morgan fingerprint density at radius 1 is 1.07 bits per heavy atom. The quantitative estimate of drug-likeness (QED) is 0.631. The van der Waals surface area contributed by atoms with E-state index in [0.29, 0.717) is 6.07 Å². The standard InChI is InChI=1S/C17H14Cl2F3NO4S/c18-14-7-6-13(10-15(14)19)28(26,27)23(8-2-5-16(24)25)12-4-1-3-11(9-12)17(20,21)22/h1,3-4,6-7,9-10H,2,5,8H2,(H,24,25). The van der Waals surface area contributed by atoms with Gasteiger partial charge in [0, 0.05) is 13.0 Å².